The molecule has 0 unspecified atom stereocenters. The van der Waals surface area contributed by atoms with Crippen LogP contribution < -0.4 is 0 Å². The van der Waals surface area contributed by atoms with Gasteiger partial charge in [0, 0.05) is 7.11 Å². The Hall–Kier alpha value is -1.84. The molecule has 14 heavy (non-hydrogen) atoms. The van der Waals surface area contributed by atoms with Crippen LogP contribution in [0.2, 0.25) is 0 Å². The molecular weight excluding hydrogens is 176 g/mol. The van der Waals surface area contributed by atoms with Crippen molar-refractivity contribution >= 4 is 0 Å². The molecule has 0 saturated heterocycles. The third kappa shape index (κ3) is 2.10. The molecule has 70 valence electrons. The van der Waals surface area contributed by atoms with Crippen molar-refractivity contribution in [1.82, 2.24) is 0 Å². The third-order valence-electron chi connectivity index (χ3n) is 1.97. The van der Waals surface area contributed by atoms with Gasteiger partial charge in [0.1, 0.15) is 0 Å². The second-order valence-electron chi connectivity index (χ2n) is 2.80. The zero-order valence-electron chi connectivity index (χ0n) is 7.95. The van der Waals surface area contributed by atoms with Crippen molar-refractivity contribution in [2.75, 3.05) is 13.7 Å². The van der Waals surface area contributed by atoms with E-state index >= 15 is 0 Å². The third-order valence-corrected chi connectivity index (χ3v) is 1.97. The minimum absolute atomic E-state index is 0.521. The Kier molecular flexibility index (Phi) is 3.67. The number of benzene rings is 1. The molecule has 0 aromatic heterocycles. The quantitative estimate of drug-likeness (QED) is 0.720. The molecule has 0 aliphatic heterocycles. The summed E-state index contributed by atoms with van der Waals surface area (Å²) in [7, 11) is 1.60. The summed E-state index contributed by atoms with van der Waals surface area (Å²) in [5.41, 5.74) is 1.89. The van der Waals surface area contributed by atoms with Crippen molar-refractivity contribution in [3.63, 3.8) is 0 Å². The molecule has 1 rings (SSSR count). The average Bonchev–Trinajstić information content (AvgIpc) is 2.25. The maximum absolute atomic E-state index is 8.84. The lowest BCUT2D eigenvalue weighted by molar-refractivity contribution is 0.202. The topological polar surface area (TPSA) is 56.8 Å². The highest BCUT2D eigenvalue weighted by molar-refractivity contribution is 5.48. The summed E-state index contributed by atoms with van der Waals surface area (Å²) in [6.07, 6.45) is 0.600. The maximum Gasteiger partial charge on any atom is 0.0995 e. The minimum atomic E-state index is 0.521. The molecule has 0 aliphatic carbocycles. The van der Waals surface area contributed by atoms with E-state index in [9.17, 15) is 0 Å². The number of nitriles is 2. The van der Waals surface area contributed by atoms with E-state index < -0.39 is 0 Å². The molecule has 0 radical (unpaired) electrons. The van der Waals surface area contributed by atoms with Crippen molar-refractivity contribution in [3.8, 4) is 12.1 Å². The van der Waals surface area contributed by atoms with Crippen molar-refractivity contribution in [2.45, 2.75) is 6.42 Å². The van der Waals surface area contributed by atoms with Gasteiger partial charge in [0.25, 0.3) is 0 Å². The van der Waals surface area contributed by atoms with Gasteiger partial charge in [-0.05, 0) is 24.1 Å². The first-order chi connectivity index (χ1) is 6.83. The minimum Gasteiger partial charge on any atom is -0.384 e. The zero-order chi connectivity index (χ0) is 10.4. The average molecular weight is 186 g/mol. The molecule has 0 spiro atoms. The lowest BCUT2D eigenvalue weighted by Crippen LogP contribution is -2.00. The summed E-state index contributed by atoms with van der Waals surface area (Å²) < 4.78 is 4.93. The number of methoxy groups -OCH3 is 1. The van der Waals surface area contributed by atoms with Gasteiger partial charge in [-0.1, -0.05) is 6.07 Å². The van der Waals surface area contributed by atoms with Gasteiger partial charge in [-0.2, -0.15) is 10.5 Å². The van der Waals surface area contributed by atoms with Crippen LogP contribution in [0.15, 0.2) is 18.2 Å². The fourth-order valence-corrected chi connectivity index (χ4v) is 1.27. The van der Waals surface area contributed by atoms with Crippen LogP contribution in [0.4, 0.5) is 0 Å². The second-order valence-corrected chi connectivity index (χ2v) is 2.80. The maximum atomic E-state index is 8.84. The van der Waals surface area contributed by atoms with Crippen LogP contribution in [-0.2, 0) is 11.2 Å². The number of hydrogen-bond donors (Lipinski definition) is 0. The van der Waals surface area contributed by atoms with E-state index in [1.807, 2.05) is 0 Å². The van der Waals surface area contributed by atoms with Gasteiger partial charge in [0.15, 0.2) is 0 Å². The lowest BCUT2D eigenvalue weighted by Gasteiger charge is -2.04. The van der Waals surface area contributed by atoms with Crippen LogP contribution in [0.1, 0.15) is 16.7 Å². The summed E-state index contributed by atoms with van der Waals surface area (Å²) in [6.45, 7) is 0.521. The van der Waals surface area contributed by atoms with Crippen LogP contribution in [0.5, 0.6) is 0 Å². The SMILES string of the molecule is COCCc1c(C#N)cccc1C#N. The highest BCUT2D eigenvalue weighted by Crippen LogP contribution is 2.14. The molecule has 1 aromatic carbocycles. The van der Waals surface area contributed by atoms with Gasteiger partial charge < -0.3 is 4.74 Å². The van der Waals surface area contributed by atoms with Crippen molar-refractivity contribution in [3.05, 3.63) is 34.9 Å². The van der Waals surface area contributed by atoms with Crippen LogP contribution in [0.25, 0.3) is 0 Å². The van der Waals surface area contributed by atoms with Gasteiger partial charge in [0.05, 0.1) is 29.9 Å². The van der Waals surface area contributed by atoms with Crippen molar-refractivity contribution < 1.29 is 4.74 Å². The largest absolute Gasteiger partial charge is 0.384 e. The van der Waals surface area contributed by atoms with E-state index in [1.54, 1.807) is 25.3 Å². The molecule has 0 N–H and O–H groups in total. The Bertz CT molecular complexity index is 366. The number of rotatable bonds is 3. The summed E-state index contributed by atoms with van der Waals surface area (Å²) in [5, 5.41) is 17.7. The van der Waals surface area contributed by atoms with Crippen molar-refractivity contribution in [1.29, 1.82) is 10.5 Å². The van der Waals surface area contributed by atoms with Gasteiger partial charge in [-0.15, -0.1) is 0 Å². The first kappa shape index (κ1) is 10.2. The molecule has 0 atom stereocenters. The van der Waals surface area contributed by atoms with Gasteiger partial charge >= 0.3 is 0 Å². The molecular formula is C11H10N2O. The Morgan fingerprint density at radius 2 is 1.79 bits per heavy atom. The summed E-state index contributed by atoms with van der Waals surface area (Å²) in [5.74, 6) is 0. The van der Waals surface area contributed by atoms with E-state index in [0.29, 0.717) is 24.2 Å². The van der Waals surface area contributed by atoms with Crippen LogP contribution in [-0.4, -0.2) is 13.7 Å². The van der Waals surface area contributed by atoms with Gasteiger partial charge in [-0.3, -0.25) is 0 Å². The second kappa shape index (κ2) is 5.01. The predicted octanol–water partition coefficient (Wildman–Crippen LogP) is 1.62. The Morgan fingerprint density at radius 1 is 1.21 bits per heavy atom. The summed E-state index contributed by atoms with van der Waals surface area (Å²) >= 11 is 0. The van der Waals surface area contributed by atoms with E-state index in [2.05, 4.69) is 12.1 Å². The fourth-order valence-electron chi connectivity index (χ4n) is 1.27. The number of nitrogens with zero attached hydrogens (tertiary/aromatic N) is 2. The first-order valence-electron chi connectivity index (χ1n) is 4.24. The summed E-state index contributed by atoms with van der Waals surface area (Å²) in [6, 6.07) is 9.29. The molecule has 0 heterocycles. The smallest absolute Gasteiger partial charge is 0.0995 e. The van der Waals surface area contributed by atoms with Gasteiger partial charge in [-0.25, -0.2) is 0 Å². The monoisotopic (exact) mass is 186 g/mol. The predicted molar refractivity (Wildman–Crippen MR) is 51.5 cm³/mol. The molecule has 0 bridgehead atoms. The molecule has 0 fully saturated rings. The molecule has 0 aliphatic rings. The van der Waals surface area contributed by atoms with E-state index in [-0.39, 0.29) is 0 Å². The molecule has 0 amide bonds. The van der Waals surface area contributed by atoms with Crippen molar-refractivity contribution in [2.24, 2.45) is 0 Å². The highest BCUT2D eigenvalue weighted by Gasteiger charge is 2.06. The van der Waals surface area contributed by atoms with Crippen LogP contribution >= 0.6 is 0 Å². The van der Waals surface area contributed by atoms with Gasteiger partial charge in [0.2, 0.25) is 0 Å². The standard InChI is InChI=1S/C11H10N2O/c1-14-6-5-11-9(7-12)3-2-4-10(11)8-13/h2-4H,5-6H2,1H3. The first-order valence-corrected chi connectivity index (χ1v) is 4.24. The van der Waals surface area contributed by atoms with Crippen LogP contribution in [0, 0.1) is 22.7 Å². The number of ether oxygens (including phenoxy) is 1. The molecule has 1 aromatic rings. The summed E-state index contributed by atoms with van der Waals surface area (Å²) in [4.78, 5) is 0. The molecule has 3 nitrogen and oxygen atoms in total. The van der Waals surface area contributed by atoms with E-state index in [0.717, 1.165) is 5.56 Å². The zero-order valence-corrected chi connectivity index (χ0v) is 7.95. The number of hydrogen-bond acceptors (Lipinski definition) is 3. The molecule has 0 saturated carbocycles. The Morgan fingerprint density at radius 3 is 2.21 bits per heavy atom. The van der Waals surface area contributed by atoms with E-state index in [4.69, 9.17) is 15.3 Å². The Labute approximate surface area is 83.2 Å². The highest BCUT2D eigenvalue weighted by atomic mass is 16.5. The Balaban J connectivity index is 3.09. The van der Waals surface area contributed by atoms with E-state index in [1.165, 1.54) is 0 Å². The fraction of sp³-hybridized carbons (Fsp3) is 0.273. The lowest BCUT2D eigenvalue weighted by atomic mass is 10.00. The normalized spacial score (nSPS) is 9.07. The van der Waals surface area contributed by atoms with Crippen LogP contribution in [0.3, 0.4) is 0 Å². The molecule has 3 heteroatoms.